The van der Waals surface area contributed by atoms with E-state index >= 15 is 0 Å². The zero-order valence-corrected chi connectivity index (χ0v) is 71.5. The molecule has 638 valence electrons. The highest BCUT2D eigenvalue weighted by atomic mass is 16.6. The Morgan fingerprint density at radius 2 is 0.345 bits per heavy atom. The largest absolute Gasteiger partial charge is 0.481 e. The molecule has 14 nitrogen and oxygen atoms in total. The van der Waals surface area contributed by atoms with Gasteiger partial charge in [-0.15, -0.1) is 0 Å². The van der Waals surface area contributed by atoms with E-state index in [4.69, 9.17) is 33.5 Å². The molecule has 0 fully saturated rings. The quantitative estimate of drug-likeness (QED) is 0.0261. The number of carbonyl (C=O) groups excluding carboxylic acids is 6. The molecule has 1 atom stereocenters. The number of carboxylic acids is 1. The average Bonchev–Trinajstić information content (AvgIpc) is 0.949. The van der Waals surface area contributed by atoms with Crippen molar-refractivity contribution in [3.8, 4) is 0 Å². The fourth-order valence-corrected chi connectivity index (χ4v) is 13.5. The van der Waals surface area contributed by atoms with Crippen LogP contribution in [0.2, 0.25) is 0 Å². The van der Waals surface area contributed by atoms with E-state index in [-0.39, 0.29) is 87.9 Å². The van der Waals surface area contributed by atoms with E-state index in [2.05, 4.69) is 81.5 Å². The van der Waals surface area contributed by atoms with Gasteiger partial charge < -0.3 is 33.5 Å². The molecule has 0 aromatic heterocycles. The third kappa shape index (κ3) is 85.4. The Morgan fingerprint density at radius 3 is 0.518 bits per heavy atom. The normalized spacial score (nSPS) is 12.1. The van der Waals surface area contributed by atoms with Crippen LogP contribution in [0.3, 0.4) is 0 Å². The van der Waals surface area contributed by atoms with Gasteiger partial charge in [0, 0.05) is 44.9 Å². The van der Waals surface area contributed by atoms with Crippen molar-refractivity contribution in [3.05, 3.63) is 60.8 Å². The summed E-state index contributed by atoms with van der Waals surface area (Å²) in [6.07, 6.45) is 93.1. The summed E-state index contributed by atoms with van der Waals surface area (Å²) in [6.45, 7) is 6.24. The third-order valence-corrected chi connectivity index (χ3v) is 20.6. The molecule has 0 amide bonds. The van der Waals surface area contributed by atoms with Crippen LogP contribution in [0.25, 0.3) is 0 Å². The Hall–Kier alpha value is -5.01. The summed E-state index contributed by atoms with van der Waals surface area (Å²) in [4.78, 5) is 88.0. The van der Waals surface area contributed by atoms with Gasteiger partial charge in [-0.2, -0.15) is 0 Å². The van der Waals surface area contributed by atoms with Crippen molar-refractivity contribution in [1.29, 1.82) is 0 Å². The molecule has 1 N–H and O–H groups in total. The lowest BCUT2D eigenvalue weighted by Crippen LogP contribution is -2.30. The Morgan fingerprint density at radius 1 is 0.200 bits per heavy atom. The molecule has 0 aromatic carbocycles. The minimum absolute atomic E-state index is 0.123. The van der Waals surface area contributed by atoms with E-state index in [0.717, 1.165) is 238 Å². The molecule has 14 heteroatoms. The van der Waals surface area contributed by atoms with E-state index in [9.17, 15) is 33.6 Å². The number of aliphatic carboxylic acids is 1. The predicted octanol–water partition coefficient (Wildman–Crippen LogP) is 28.2. The van der Waals surface area contributed by atoms with E-state index in [1.807, 2.05) is 0 Å². The molecular formula is C96H170O14. The van der Waals surface area contributed by atoms with Crippen LogP contribution in [0.5, 0.6) is 0 Å². The molecule has 0 aliphatic carbocycles. The maximum absolute atomic E-state index is 13.1. The molecule has 0 aromatic rings. The van der Waals surface area contributed by atoms with Crippen LogP contribution in [0, 0.1) is 0 Å². The fraction of sp³-hybridized carbons (Fsp3) is 0.823. The van der Waals surface area contributed by atoms with Gasteiger partial charge in [0.1, 0.15) is 26.4 Å². The predicted molar refractivity (Wildman–Crippen MR) is 457 cm³/mol. The second-order valence-electron chi connectivity index (χ2n) is 31.5. The standard InChI is InChI=1S/C96H170O14/c1-4-7-10-13-16-19-22-25-28-36-43-50-57-64-71-78-91(99)105-84-88(85-106-92(100)79-72-65-58-51-44-37-29-26-23-20-17-14-11-8-5-2)110-96(104)83-76-69-62-55-48-41-34-33-39-46-53-60-67-74-81-94(102)108-87-89(86-107-93(101)80-73-66-59-52-45-38-30-27-24-21-18-15-12-9-6-3)109-95(103)82-75-68-61-54-47-40-32-31-35-42-49-56-63-70-77-90(97)98/h25-34,88-89H,4-24,35-87H2,1-3H3,(H,97,98)/b28-25-,29-26-,30-27-,32-31+,34-33+. The Kier molecular flexibility index (Phi) is 83.9. The van der Waals surface area contributed by atoms with Crippen molar-refractivity contribution in [2.45, 2.75) is 482 Å². The number of allylic oxidation sites excluding steroid dienone is 10. The summed E-state index contributed by atoms with van der Waals surface area (Å²) in [6, 6.07) is 0. The average molecular weight is 1550 g/mol. The molecule has 0 aliphatic rings. The van der Waals surface area contributed by atoms with Crippen LogP contribution < -0.4 is 0 Å². The van der Waals surface area contributed by atoms with Crippen LogP contribution in [-0.2, 0) is 62.0 Å². The lowest BCUT2D eigenvalue weighted by Gasteiger charge is -2.18. The van der Waals surface area contributed by atoms with Crippen LogP contribution in [0.1, 0.15) is 470 Å². The molecule has 0 saturated heterocycles. The molecule has 110 heavy (non-hydrogen) atoms. The van der Waals surface area contributed by atoms with Crippen molar-refractivity contribution in [2.24, 2.45) is 0 Å². The fourth-order valence-electron chi connectivity index (χ4n) is 13.5. The van der Waals surface area contributed by atoms with Crippen LogP contribution in [-0.4, -0.2) is 85.5 Å². The molecule has 0 rings (SSSR count). The number of rotatable bonds is 87. The molecule has 0 radical (unpaired) electrons. The van der Waals surface area contributed by atoms with Crippen molar-refractivity contribution >= 4 is 41.8 Å². The molecule has 0 saturated carbocycles. The van der Waals surface area contributed by atoms with Gasteiger partial charge in [0.15, 0.2) is 12.2 Å². The molecule has 0 heterocycles. The van der Waals surface area contributed by atoms with Gasteiger partial charge >= 0.3 is 41.8 Å². The first-order chi connectivity index (χ1) is 54.0. The molecule has 0 aliphatic heterocycles. The van der Waals surface area contributed by atoms with Crippen LogP contribution in [0.4, 0.5) is 0 Å². The summed E-state index contributed by atoms with van der Waals surface area (Å²) in [5.41, 5.74) is 0. The topological polar surface area (TPSA) is 195 Å². The van der Waals surface area contributed by atoms with Gasteiger partial charge in [0.05, 0.1) is 0 Å². The van der Waals surface area contributed by atoms with Gasteiger partial charge in [-0.05, 0) is 173 Å². The summed E-state index contributed by atoms with van der Waals surface area (Å²) in [5, 5.41) is 8.78. The van der Waals surface area contributed by atoms with E-state index in [1.54, 1.807) is 0 Å². The lowest BCUT2D eigenvalue weighted by molar-refractivity contribution is -0.167. The molecular weight excluding hydrogens is 1380 g/mol. The Labute approximate surface area is 675 Å². The zero-order chi connectivity index (χ0) is 79.8. The maximum Gasteiger partial charge on any atom is 0.306 e. The first-order valence-corrected chi connectivity index (χ1v) is 46.5. The monoisotopic (exact) mass is 1550 g/mol. The number of esters is 6. The third-order valence-electron chi connectivity index (χ3n) is 20.6. The highest BCUT2D eigenvalue weighted by Crippen LogP contribution is 2.19. The highest BCUT2D eigenvalue weighted by molar-refractivity contribution is 5.72. The summed E-state index contributed by atoms with van der Waals surface area (Å²) in [5.74, 6) is -2.75. The number of ether oxygens (including phenoxy) is 6. The van der Waals surface area contributed by atoms with E-state index in [1.165, 1.54) is 148 Å². The number of unbranched alkanes of at least 4 members (excludes halogenated alkanes) is 53. The van der Waals surface area contributed by atoms with Crippen molar-refractivity contribution in [3.63, 3.8) is 0 Å². The van der Waals surface area contributed by atoms with Gasteiger partial charge in [-0.3, -0.25) is 33.6 Å². The molecule has 0 bridgehead atoms. The summed E-state index contributed by atoms with van der Waals surface area (Å²) < 4.78 is 33.9. The number of carboxylic acid groups (broad SMARTS) is 1. The van der Waals surface area contributed by atoms with Crippen LogP contribution in [0.15, 0.2) is 60.8 Å². The maximum atomic E-state index is 13.1. The van der Waals surface area contributed by atoms with Crippen LogP contribution >= 0.6 is 0 Å². The first-order valence-electron chi connectivity index (χ1n) is 46.5. The lowest BCUT2D eigenvalue weighted by atomic mass is 10.1. The van der Waals surface area contributed by atoms with Gasteiger partial charge in [-0.25, -0.2) is 0 Å². The summed E-state index contributed by atoms with van der Waals surface area (Å²) in [7, 11) is 0. The second-order valence-corrected chi connectivity index (χ2v) is 31.5. The van der Waals surface area contributed by atoms with Gasteiger partial charge in [-0.1, -0.05) is 313 Å². The number of carbonyl (C=O) groups is 7. The van der Waals surface area contributed by atoms with Crippen molar-refractivity contribution < 1.29 is 67.1 Å². The zero-order valence-electron chi connectivity index (χ0n) is 71.5. The van der Waals surface area contributed by atoms with E-state index < -0.39 is 18.2 Å². The first kappa shape index (κ1) is 105. The number of hydrogen-bond acceptors (Lipinski definition) is 13. The highest BCUT2D eigenvalue weighted by Gasteiger charge is 2.22. The minimum Gasteiger partial charge on any atom is -0.481 e. The number of hydrogen-bond donors (Lipinski definition) is 1. The van der Waals surface area contributed by atoms with Gasteiger partial charge in [0.2, 0.25) is 0 Å². The molecule has 0 spiro atoms. The second kappa shape index (κ2) is 87.9. The van der Waals surface area contributed by atoms with Gasteiger partial charge in [0.25, 0.3) is 0 Å². The minimum atomic E-state index is -0.850. The Bertz CT molecular complexity index is 2180. The molecule has 1 unspecified atom stereocenters. The smallest absolute Gasteiger partial charge is 0.306 e. The van der Waals surface area contributed by atoms with Crippen molar-refractivity contribution in [1.82, 2.24) is 0 Å². The van der Waals surface area contributed by atoms with Crippen molar-refractivity contribution in [2.75, 3.05) is 26.4 Å². The SMILES string of the molecule is CCCCCCCC/C=C\CCCCCCCC(=O)OCC(COC(=O)CCCCCCC/C=C\CCCCCCCC)OC(=O)CCCCCCC/C=C/CCCCCCCC(=O)OCC(COC(=O)CCCCCCC/C=C\CCCCCCCC)OC(=O)CCCCCCC/C=C/CCCCCCCC(=O)O. The summed E-state index contributed by atoms with van der Waals surface area (Å²) >= 11 is 0. The Balaban J connectivity index is 4.74. The van der Waals surface area contributed by atoms with E-state index in [0.29, 0.717) is 38.5 Å².